The van der Waals surface area contributed by atoms with E-state index in [1.165, 1.54) is 30.3 Å². The van der Waals surface area contributed by atoms with E-state index in [0.29, 0.717) is 11.1 Å². The summed E-state index contributed by atoms with van der Waals surface area (Å²) >= 11 is 0. The Morgan fingerprint density at radius 2 is 1.60 bits per heavy atom. The Balaban J connectivity index is 2.18. The molecule has 0 radical (unpaired) electrons. The standard InChI is InChI=1S/C17H14N2O5S/c18-11-7-5-10(6-8-11)17(21)19-16-13-4-2-1-3-12(13)14(20)9-15(16)25(22,23)24/h1-9,20H,18H2,(H,19,21)(H,22,23,24). The lowest BCUT2D eigenvalue weighted by atomic mass is 10.1. The van der Waals surface area contributed by atoms with Gasteiger partial charge in [-0.05, 0) is 24.3 Å². The topological polar surface area (TPSA) is 130 Å². The molecule has 0 bridgehead atoms. The average Bonchev–Trinajstić information content (AvgIpc) is 2.57. The predicted molar refractivity (Wildman–Crippen MR) is 94.2 cm³/mol. The van der Waals surface area contributed by atoms with Crippen LogP contribution in [0.3, 0.4) is 0 Å². The van der Waals surface area contributed by atoms with Crippen LogP contribution in [0.1, 0.15) is 10.4 Å². The van der Waals surface area contributed by atoms with Crippen molar-refractivity contribution in [1.82, 2.24) is 0 Å². The van der Waals surface area contributed by atoms with Crippen LogP contribution in [-0.4, -0.2) is 24.0 Å². The van der Waals surface area contributed by atoms with Gasteiger partial charge in [0.25, 0.3) is 16.0 Å². The van der Waals surface area contributed by atoms with Gasteiger partial charge in [-0.25, -0.2) is 0 Å². The van der Waals surface area contributed by atoms with Gasteiger partial charge in [0.15, 0.2) is 0 Å². The minimum atomic E-state index is -4.68. The minimum Gasteiger partial charge on any atom is -0.507 e. The summed E-state index contributed by atoms with van der Waals surface area (Å²) in [4.78, 5) is 11.9. The van der Waals surface area contributed by atoms with Gasteiger partial charge in [-0.3, -0.25) is 9.35 Å². The number of carbonyl (C=O) groups excluding carboxylic acids is 1. The van der Waals surface area contributed by atoms with Gasteiger partial charge in [0, 0.05) is 28.1 Å². The molecule has 7 nitrogen and oxygen atoms in total. The first-order chi connectivity index (χ1) is 11.8. The van der Waals surface area contributed by atoms with E-state index in [-0.39, 0.29) is 22.4 Å². The molecule has 3 aromatic rings. The number of amides is 1. The zero-order valence-electron chi connectivity index (χ0n) is 12.8. The third-order valence-electron chi connectivity index (χ3n) is 3.68. The van der Waals surface area contributed by atoms with Gasteiger partial charge >= 0.3 is 0 Å². The average molecular weight is 358 g/mol. The Kier molecular flexibility index (Phi) is 4.07. The molecule has 0 spiro atoms. The number of nitrogens with one attached hydrogen (secondary N) is 1. The van der Waals surface area contributed by atoms with Crippen molar-refractivity contribution in [3.05, 3.63) is 60.2 Å². The summed E-state index contributed by atoms with van der Waals surface area (Å²) in [6.07, 6.45) is 0. The number of nitrogens with two attached hydrogens (primary N) is 1. The second kappa shape index (κ2) is 6.08. The first-order valence-electron chi connectivity index (χ1n) is 7.16. The van der Waals surface area contributed by atoms with Crippen LogP contribution in [0.25, 0.3) is 10.8 Å². The Morgan fingerprint density at radius 1 is 1.00 bits per heavy atom. The molecule has 0 aromatic heterocycles. The van der Waals surface area contributed by atoms with E-state index in [0.717, 1.165) is 6.07 Å². The summed E-state index contributed by atoms with van der Waals surface area (Å²) in [5.74, 6) is -0.908. The number of phenols is 1. The molecule has 0 saturated heterocycles. The number of rotatable bonds is 3. The second-order valence-electron chi connectivity index (χ2n) is 5.37. The molecule has 0 heterocycles. The van der Waals surface area contributed by atoms with Crippen molar-refractivity contribution in [3.8, 4) is 5.75 Å². The molecule has 0 aliphatic carbocycles. The van der Waals surface area contributed by atoms with E-state index in [2.05, 4.69) is 5.32 Å². The molecule has 0 aliphatic heterocycles. The molecule has 1 amide bonds. The highest BCUT2D eigenvalue weighted by Crippen LogP contribution is 2.37. The highest BCUT2D eigenvalue weighted by molar-refractivity contribution is 7.86. The molecule has 8 heteroatoms. The lowest BCUT2D eigenvalue weighted by Crippen LogP contribution is -2.15. The maximum atomic E-state index is 12.4. The Bertz CT molecular complexity index is 1080. The first kappa shape index (κ1) is 16.7. The summed E-state index contributed by atoms with van der Waals surface area (Å²) in [7, 11) is -4.68. The number of carbonyl (C=O) groups is 1. The van der Waals surface area contributed by atoms with Gasteiger partial charge in [0.2, 0.25) is 0 Å². The van der Waals surface area contributed by atoms with Crippen LogP contribution in [0, 0.1) is 0 Å². The SMILES string of the molecule is Nc1ccc(C(=O)Nc2c(S(=O)(=O)O)cc(O)c3ccccc23)cc1. The summed E-state index contributed by atoms with van der Waals surface area (Å²) < 4.78 is 32.8. The van der Waals surface area contributed by atoms with Gasteiger partial charge in [-0.1, -0.05) is 24.3 Å². The molecule has 0 saturated carbocycles. The van der Waals surface area contributed by atoms with Crippen molar-refractivity contribution < 1.29 is 22.9 Å². The zero-order chi connectivity index (χ0) is 18.2. The molecule has 0 aliphatic rings. The molecular weight excluding hydrogens is 344 g/mol. The van der Waals surface area contributed by atoms with Gasteiger partial charge in [-0.2, -0.15) is 8.42 Å². The number of phenolic OH excluding ortho intramolecular Hbond substituents is 1. The van der Waals surface area contributed by atoms with Crippen LogP contribution >= 0.6 is 0 Å². The molecule has 0 unspecified atom stereocenters. The lowest BCUT2D eigenvalue weighted by molar-refractivity contribution is 0.102. The van der Waals surface area contributed by atoms with Crippen molar-refractivity contribution >= 4 is 38.2 Å². The number of nitrogen functional groups attached to an aromatic ring is 1. The number of fused-ring (bicyclic) bond motifs is 1. The first-order valence-corrected chi connectivity index (χ1v) is 8.60. The van der Waals surface area contributed by atoms with Crippen LogP contribution in [-0.2, 0) is 10.1 Å². The van der Waals surface area contributed by atoms with E-state index in [1.54, 1.807) is 18.2 Å². The largest absolute Gasteiger partial charge is 0.507 e. The third kappa shape index (κ3) is 3.25. The van der Waals surface area contributed by atoms with Crippen molar-refractivity contribution in [2.75, 3.05) is 11.1 Å². The third-order valence-corrected chi connectivity index (χ3v) is 4.55. The number of aromatic hydroxyl groups is 1. The molecule has 0 fully saturated rings. The fourth-order valence-electron chi connectivity index (χ4n) is 2.48. The van der Waals surface area contributed by atoms with Crippen molar-refractivity contribution in [1.29, 1.82) is 0 Å². The van der Waals surface area contributed by atoms with Gasteiger partial charge in [0.1, 0.15) is 10.6 Å². The Morgan fingerprint density at radius 3 is 2.20 bits per heavy atom. The summed E-state index contributed by atoms with van der Waals surface area (Å²) in [6.45, 7) is 0. The monoisotopic (exact) mass is 358 g/mol. The molecular formula is C17H14N2O5S. The van der Waals surface area contributed by atoms with Crippen LogP contribution < -0.4 is 11.1 Å². The van der Waals surface area contributed by atoms with E-state index < -0.39 is 20.9 Å². The lowest BCUT2D eigenvalue weighted by Gasteiger charge is -2.14. The molecule has 5 N–H and O–H groups in total. The predicted octanol–water partition coefficient (Wildman–Crippen LogP) is 2.63. The minimum absolute atomic E-state index is 0.113. The fourth-order valence-corrected chi connectivity index (χ4v) is 3.16. The summed E-state index contributed by atoms with van der Waals surface area (Å²) in [5.41, 5.74) is 6.20. The Hall–Kier alpha value is -3.10. The second-order valence-corrected chi connectivity index (χ2v) is 6.76. The van der Waals surface area contributed by atoms with E-state index in [4.69, 9.17) is 5.73 Å². The summed E-state index contributed by atoms with van der Waals surface area (Å²) in [5, 5.41) is 13.1. The van der Waals surface area contributed by atoms with Crippen molar-refractivity contribution in [2.24, 2.45) is 0 Å². The number of hydrogen-bond acceptors (Lipinski definition) is 5. The van der Waals surface area contributed by atoms with Crippen LogP contribution in [0.2, 0.25) is 0 Å². The number of anilines is 2. The maximum absolute atomic E-state index is 12.4. The number of benzene rings is 3. The fraction of sp³-hybridized carbons (Fsp3) is 0. The number of hydrogen-bond donors (Lipinski definition) is 4. The van der Waals surface area contributed by atoms with Crippen LogP contribution in [0.4, 0.5) is 11.4 Å². The van der Waals surface area contributed by atoms with Crippen LogP contribution in [0.5, 0.6) is 5.75 Å². The van der Waals surface area contributed by atoms with E-state index in [1.807, 2.05) is 0 Å². The molecule has 25 heavy (non-hydrogen) atoms. The van der Waals surface area contributed by atoms with Crippen molar-refractivity contribution in [2.45, 2.75) is 4.90 Å². The van der Waals surface area contributed by atoms with Crippen molar-refractivity contribution in [3.63, 3.8) is 0 Å². The molecule has 128 valence electrons. The van der Waals surface area contributed by atoms with Crippen LogP contribution in [0.15, 0.2) is 59.5 Å². The maximum Gasteiger partial charge on any atom is 0.296 e. The molecule has 3 aromatic carbocycles. The van der Waals surface area contributed by atoms with E-state index >= 15 is 0 Å². The molecule has 0 atom stereocenters. The molecule has 3 rings (SSSR count). The van der Waals surface area contributed by atoms with E-state index in [9.17, 15) is 22.9 Å². The van der Waals surface area contributed by atoms with Gasteiger partial charge in [0.05, 0.1) is 5.69 Å². The van der Waals surface area contributed by atoms with Gasteiger partial charge in [-0.15, -0.1) is 0 Å². The quantitative estimate of drug-likeness (QED) is 0.323. The highest BCUT2D eigenvalue weighted by atomic mass is 32.2. The smallest absolute Gasteiger partial charge is 0.296 e. The normalized spacial score (nSPS) is 11.4. The zero-order valence-corrected chi connectivity index (χ0v) is 13.6. The Labute approximate surface area is 143 Å². The summed E-state index contributed by atoms with van der Waals surface area (Å²) in [6, 6.07) is 13.3. The highest BCUT2D eigenvalue weighted by Gasteiger charge is 2.22. The van der Waals surface area contributed by atoms with Gasteiger partial charge < -0.3 is 16.2 Å².